The average Bonchev–Trinajstić information content (AvgIpc) is 2.56. The smallest absolute Gasteiger partial charge is 0.137 e. The maximum absolute atomic E-state index is 4.27. The summed E-state index contributed by atoms with van der Waals surface area (Å²) in [6.45, 7) is 9.57. The van der Waals surface area contributed by atoms with Gasteiger partial charge in [-0.1, -0.05) is 33.0 Å². The van der Waals surface area contributed by atoms with Crippen molar-refractivity contribution in [3.8, 4) is 0 Å². The van der Waals surface area contributed by atoms with E-state index in [1.165, 1.54) is 19.3 Å². The molecule has 1 aromatic heterocycles. The molecule has 1 aliphatic rings. The van der Waals surface area contributed by atoms with Crippen LogP contribution in [0, 0.1) is 5.41 Å². The second-order valence-electron chi connectivity index (χ2n) is 6.32. The molecule has 2 heterocycles. The summed E-state index contributed by atoms with van der Waals surface area (Å²) in [7, 11) is 3.28. The Bertz CT molecular complexity index is 349. The van der Waals surface area contributed by atoms with E-state index >= 15 is 0 Å². The van der Waals surface area contributed by atoms with E-state index in [2.05, 4.69) is 39.0 Å². The van der Waals surface area contributed by atoms with Crippen LogP contribution in [0.5, 0.6) is 0 Å². The lowest BCUT2D eigenvalue weighted by Gasteiger charge is -2.34. The lowest BCUT2D eigenvalue weighted by atomic mass is 9.47. The SMILES string of the molecule is Cn1cc(C2BC(C)(C)C(C)(C)C2)cn1. The second kappa shape index (κ2) is 3.13. The quantitative estimate of drug-likeness (QED) is 0.642. The highest BCUT2D eigenvalue weighted by Crippen LogP contribution is 2.57. The van der Waals surface area contributed by atoms with Crippen molar-refractivity contribution in [1.82, 2.24) is 9.78 Å². The first-order valence-electron chi connectivity index (χ1n) is 5.80. The van der Waals surface area contributed by atoms with Gasteiger partial charge in [0, 0.05) is 13.2 Å². The monoisotopic (exact) mass is 204 g/mol. The summed E-state index contributed by atoms with van der Waals surface area (Å²) in [5, 5.41) is 4.71. The summed E-state index contributed by atoms with van der Waals surface area (Å²) >= 11 is 0. The highest BCUT2D eigenvalue weighted by molar-refractivity contribution is 6.43. The molecule has 0 aromatic carbocycles. The molecule has 1 aliphatic heterocycles. The fourth-order valence-corrected chi connectivity index (χ4v) is 2.74. The minimum atomic E-state index is 0.438. The van der Waals surface area contributed by atoms with E-state index in [0.29, 0.717) is 16.5 Å². The third-order valence-corrected chi connectivity index (χ3v) is 4.54. The standard InChI is InChI=1S/C12H21BN2/c1-11(2)6-10(13-12(11,3)4)9-7-14-15(5)8-9/h7-8,10,13H,6H2,1-5H3. The Kier molecular flexibility index (Phi) is 2.25. The molecule has 1 saturated heterocycles. The topological polar surface area (TPSA) is 17.8 Å². The molecule has 0 radical (unpaired) electrons. The summed E-state index contributed by atoms with van der Waals surface area (Å²) in [5.41, 5.74) is 1.85. The summed E-state index contributed by atoms with van der Waals surface area (Å²) in [4.78, 5) is 0. The molecule has 0 spiro atoms. The molecular weight excluding hydrogens is 183 g/mol. The highest BCUT2D eigenvalue weighted by atomic mass is 15.2. The van der Waals surface area contributed by atoms with Crippen LogP contribution in [-0.4, -0.2) is 17.1 Å². The molecule has 0 N–H and O–H groups in total. The van der Waals surface area contributed by atoms with Crippen molar-refractivity contribution in [2.45, 2.75) is 45.2 Å². The van der Waals surface area contributed by atoms with Crippen molar-refractivity contribution in [3.05, 3.63) is 18.0 Å². The van der Waals surface area contributed by atoms with Crippen LogP contribution < -0.4 is 0 Å². The molecule has 82 valence electrons. The molecule has 0 aliphatic carbocycles. The third kappa shape index (κ3) is 1.73. The third-order valence-electron chi connectivity index (χ3n) is 4.54. The normalized spacial score (nSPS) is 27.7. The van der Waals surface area contributed by atoms with Crippen LogP contribution in [0.3, 0.4) is 0 Å². The zero-order valence-electron chi connectivity index (χ0n) is 10.5. The Hall–Kier alpha value is -0.725. The Morgan fingerprint density at radius 3 is 2.47 bits per heavy atom. The zero-order chi connectivity index (χ0) is 11.3. The van der Waals surface area contributed by atoms with E-state index in [1.807, 2.05) is 17.9 Å². The van der Waals surface area contributed by atoms with Crippen LogP contribution in [-0.2, 0) is 7.05 Å². The van der Waals surface area contributed by atoms with Gasteiger partial charge in [-0.25, -0.2) is 0 Å². The maximum Gasteiger partial charge on any atom is 0.137 e. The molecule has 3 heteroatoms. The van der Waals surface area contributed by atoms with Crippen LogP contribution in [0.15, 0.2) is 12.4 Å². The lowest BCUT2D eigenvalue weighted by molar-refractivity contribution is 0.272. The molecule has 1 aromatic rings. The first-order valence-corrected chi connectivity index (χ1v) is 5.80. The molecule has 1 atom stereocenters. The minimum Gasteiger partial charge on any atom is -0.276 e. The number of hydrogen-bond donors (Lipinski definition) is 0. The fraction of sp³-hybridized carbons (Fsp3) is 0.750. The number of nitrogens with zero attached hydrogens (tertiary/aromatic N) is 2. The van der Waals surface area contributed by atoms with Gasteiger partial charge < -0.3 is 0 Å². The number of aromatic nitrogens is 2. The largest absolute Gasteiger partial charge is 0.276 e. The van der Waals surface area contributed by atoms with E-state index in [1.54, 1.807) is 0 Å². The van der Waals surface area contributed by atoms with Gasteiger partial charge in [0.05, 0.1) is 6.20 Å². The fourth-order valence-electron chi connectivity index (χ4n) is 2.74. The van der Waals surface area contributed by atoms with Crippen LogP contribution in [0.1, 0.15) is 45.5 Å². The summed E-state index contributed by atoms with van der Waals surface area (Å²) < 4.78 is 1.91. The predicted molar refractivity (Wildman–Crippen MR) is 65.5 cm³/mol. The molecule has 15 heavy (non-hydrogen) atoms. The Morgan fingerprint density at radius 2 is 2.07 bits per heavy atom. The average molecular weight is 204 g/mol. The van der Waals surface area contributed by atoms with Gasteiger partial charge in [0.25, 0.3) is 0 Å². The van der Waals surface area contributed by atoms with E-state index in [-0.39, 0.29) is 0 Å². The summed E-state index contributed by atoms with van der Waals surface area (Å²) in [6.07, 6.45) is 5.48. The van der Waals surface area contributed by atoms with Crippen LogP contribution in [0.25, 0.3) is 0 Å². The van der Waals surface area contributed by atoms with E-state index in [0.717, 1.165) is 0 Å². The van der Waals surface area contributed by atoms with Crippen molar-refractivity contribution in [2.75, 3.05) is 0 Å². The molecule has 0 saturated carbocycles. The zero-order valence-corrected chi connectivity index (χ0v) is 10.5. The van der Waals surface area contributed by atoms with Crippen LogP contribution in [0.2, 0.25) is 5.31 Å². The lowest BCUT2D eigenvalue weighted by Crippen LogP contribution is -2.23. The molecular formula is C12H21BN2. The van der Waals surface area contributed by atoms with E-state index < -0.39 is 0 Å². The van der Waals surface area contributed by atoms with Gasteiger partial charge in [0.1, 0.15) is 7.28 Å². The molecule has 2 nitrogen and oxygen atoms in total. The number of hydrogen-bond acceptors (Lipinski definition) is 1. The van der Waals surface area contributed by atoms with E-state index in [4.69, 9.17) is 0 Å². The van der Waals surface area contributed by atoms with Crippen LogP contribution >= 0.6 is 0 Å². The molecule has 0 amide bonds. The van der Waals surface area contributed by atoms with Crippen molar-refractivity contribution < 1.29 is 0 Å². The van der Waals surface area contributed by atoms with Crippen molar-refractivity contribution in [1.29, 1.82) is 0 Å². The first kappa shape index (κ1) is 10.8. The number of aryl methyl sites for hydroxylation is 1. The molecule has 2 rings (SSSR count). The Morgan fingerprint density at radius 1 is 1.40 bits per heavy atom. The molecule has 1 fully saturated rings. The van der Waals surface area contributed by atoms with Crippen molar-refractivity contribution >= 4 is 7.28 Å². The number of rotatable bonds is 1. The summed E-state index contributed by atoms with van der Waals surface area (Å²) in [6, 6.07) is 0. The molecule has 1 unspecified atom stereocenters. The second-order valence-corrected chi connectivity index (χ2v) is 6.32. The van der Waals surface area contributed by atoms with Gasteiger partial charge in [0.15, 0.2) is 0 Å². The van der Waals surface area contributed by atoms with Gasteiger partial charge in [-0.15, -0.1) is 0 Å². The summed E-state index contributed by atoms with van der Waals surface area (Å²) in [5.74, 6) is 0.698. The van der Waals surface area contributed by atoms with Gasteiger partial charge in [-0.05, 0) is 23.2 Å². The first-order chi connectivity index (χ1) is 6.82. The maximum atomic E-state index is 4.27. The van der Waals surface area contributed by atoms with E-state index in [9.17, 15) is 0 Å². The predicted octanol–water partition coefficient (Wildman–Crippen LogP) is 2.53. The highest BCUT2D eigenvalue weighted by Gasteiger charge is 2.47. The van der Waals surface area contributed by atoms with Crippen molar-refractivity contribution in [2.24, 2.45) is 12.5 Å². The Labute approximate surface area is 93.3 Å². The minimum absolute atomic E-state index is 0.438. The molecule has 0 bridgehead atoms. The van der Waals surface area contributed by atoms with Crippen LogP contribution in [0.4, 0.5) is 0 Å². The Balaban J connectivity index is 2.23. The van der Waals surface area contributed by atoms with Gasteiger partial charge in [-0.3, -0.25) is 4.68 Å². The van der Waals surface area contributed by atoms with Crippen molar-refractivity contribution in [3.63, 3.8) is 0 Å². The van der Waals surface area contributed by atoms with Gasteiger partial charge in [-0.2, -0.15) is 5.10 Å². The van der Waals surface area contributed by atoms with Gasteiger partial charge in [0.2, 0.25) is 0 Å². The van der Waals surface area contributed by atoms with Gasteiger partial charge >= 0.3 is 0 Å².